The number of hydrogen-bond acceptors (Lipinski definition) is 3. The van der Waals surface area contributed by atoms with Crippen LogP contribution in [0.15, 0.2) is 18.2 Å². The van der Waals surface area contributed by atoms with Gasteiger partial charge in [-0.05, 0) is 45.4 Å². The van der Waals surface area contributed by atoms with E-state index in [2.05, 4.69) is 5.32 Å². The molecule has 0 bridgehead atoms. The normalized spacial score (nSPS) is 11.0. The van der Waals surface area contributed by atoms with E-state index < -0.39 is 23.3 Å². The molecule has 0 heterocycles. The van der Waals surface area contributed by atoms with Crippen LogP contribution in [-0.2, 0) is 9.53 Å². The first kappa shape index (κ1) is 15.1. The topological polar surface area (TPSA) is 55.4 Å². The summed E-state index contributed by atoms with van der Waals surface area (Å²) in [5, 5.41) is 2.41. The highest BCUT2D eigenvalue weighted by molar-refractivity contribution is 5.97. The van der Waals surface area contributed by atoms with Crippen molar-refractivity contribution in [2.75, 3.05) is 6.54 Å². The third kappa shape index (κ3) is 5.07. The third-order valence-electron chi connectivity index (χ3n) is 2.26. The molecule has 0 spiro atoms. The van der Waals surface area contributed by atoms with Crippen LogP contribution in [0.5, 0.6) is 0 Å². The van der Waals surface area contributed by atoms with Crippen LogP contribution in [0.25, 0.3) is 0 Å². The molecule has 4 nitrogen and oxygen atoms in total. The van der Waals surface area contributed by atoms with E-state index in [0.29, 0.717) is 5.56 Å². The number of nitrogens with one attached hydrogen (secondary N) is 1. The minimum atomic E-state index is -0.601. The van der Waals surface area contributed by atoms with Crippen molar-refractivity contribution in [3.8, 4) is 0 Å². The van der Waals surface area contributed by atoms with Crippen molar-refractivity contribution < 1.29 is 18.7 Å². The van der Waals surface area contributed by atoms with E-state index in [1.54, 1.807) is 27.7 Å². The molecule has 104 valence electrons. The lowest BCUT2D eigenvalue weighted by molar-refractivity contribution is -0.153. The van der Waals surface area contributed by atoms with Crippen molar-refractivity contribution in [1.29, 1.82) is 0 Å². The second kappa shape index (κ2) is 5.82. The molecule has 0 saturated carbocycles. The van der Waals surface area contributed by atoms with Gasteiger partial charge in [0.25, 0.3) is 5.91 Å². The Bertz CT molecular complexity index is 492. The molecule has 0 unspecified atom stereocenters. The summed E-state index contributed by atoms with van der Waals surface area (Å²) in [5.74, 6) is -1.52. The second-order valence-electron chi connectivity index (χ2n) is 5.23. The fourth-order valence-corrected chi connectivity index (χ4v) is 1.46. The summed E-state index contributed by atoms with van der Waals surface area (Å²) in [7, 11) is 0. The smallest absolute Gasteiger partial charge is 0.325 e. The highest BCUT2D eigenvalue weighted by Gasteiger charge is 2.17. The van der Waals surface area contributed by atoms with Gasteiger partial charge in [0.2, 0.25) is 0 Å². The summed E-state index contributed by atoms with van der Waals surface area (Å²) in [6.07, 6.45) is 0. The molecule has 0 aliphatic heterocycles. The number of rotatable bonds is 3. The summed E-state index contributed by atoms with van der Waals surface area (Å²) in [5.41, 5.74) is 0.253. The molecule has 1 amide bonds. The van der Waals surface area contributed by atoms with E-state index in [4.69, 9.17) is 4.74 Å². The largest absolute Gasteiger partial charge is 0.459 e. The number of ether oxygens (including phenoxy) is 1. The van der Waals surface area contributed by atoms with E-state index in [1.165, 1.54) is 12.1 Å². The lowest BCUT2D eigenvalue weighted by Crippen LogP contribution is -2.34. The van der Waals surface area contributed by atoms with Crippen molar-refractivity contribution in [3.63, 3.8) is 0 Å². The second-order valence-corrected chi connectivity index (χ2v) is 5.23. The van der Waals surface area contributed by atoms with E-state index in [-0.39, 0.29) is 12.1 Å². The Balaban J connectivity index is 2.61. The number of amides is 1. The van der Waals surface area contributed by atoms with Crippen molar-refractivity contribution in [2.45, 2.75) is 33.3 Å². The molecule has 0 aliphatic rings. The number of hydrogen-bond donors (Lipinski definition) is 1. The molecule has 19 heavy (non-hydrogen) atoms. The summed E-state index contributed by atoms with van der Waals surface area (Å²) in [6, 6.07) is 3.93. The lowest BCUT2D eigenvalue weighted by atomic mass is 10.1. The van der Waals surface area contributed by atoms with Crippen LogP contribution < -0.4 is 5.32 Å². The fourth-order valence-electron chi connectivity index (χ4n) is 1.46. The Morgan fingerprint density at radius 2 is 1.95 bits per heavy atom. The van der Waals surface area contributed by atoms with Crippen LogP contribution in [0.1, 0.15) is 36.7 Å². The Morgan fingerprint density at radius 1 is 1.32 bits per heavy atom. The average Bonchev–Trinajstić information content (AvgIpc) is 2.27. The molecule has 0 aromatic heterocycles. The molecular formula is C14H18FNO3. The molecule has 1 aromatic rings. The average molecular weight is 267 g/mol. The maximum atomic E-state index is 13.1. The van der Waals surface area contributed by atoms with Crippen molar-refractivity contribution in [2.24, 2.45) is 0 Å². The van der Waals surface area contributed by atoms with Crippen molar-refractivity contribution >= 4 is 11.9 Å². The summed E-state index contributed by atoms with van der Waals surface area (Å²) in [6.45, 7) is 6.67. The fraction of sp³-hybridized carbons (Fsp3) is 0.429. The molecular weight excluding hydrogens is 249 g/mol. The van der Waals surface area contributed by atoms with Crippen molar-refractivity contribution in [3.05, 3.63) is 35.1 Å². The summed E-state index contributed by atoms with van der Waals surface area (Å²) < 4.78 is 18.1. The maximum absolute atomic E-state index is 13.1. The van der Waals surface area contributed by atoms with E-state index >= 15 is 0 Å². The Hall–Kier alpha value is -1.91. The Kier molecular flexibility index (Phi) is 4.64. The molecule has 1 N–H and O–H groups in total. The standard InChI is InChI=1S/C14H18FNO3/c1-9-5-6-10(15)7-11(9)13(18)16-8-12(17)19-14(2,3)4/h5-7H,8H2,1-4H3,(H,16,18). The first-order valence-corrected chi connectivity index (χ1v) is 5.95. The van der Waals surface area contributed by atoms with Crippen LogP contribution in [0.2, 0.25) is 0 Å². The zero-order valence-electron chi connectivity index (χ0n) is 11.5. The van der Waals surface area contributed by atoms with E-state index in [1.807, 2.05) is 0 Å². The zero-order valence-corrected chi connectivity index (χ0v) is 11.5. The first-order chi connectivity index (χ1) is 8.69. The number of benzene rings is 1. The number of carbonyl (C=O) groups is 2. The minimum absolute atomic E-state index is 0.212. The highest BCUT2D eigenvalue weighted by Crippen LogP contribution is 2.10. The van der Waals surface area contributed by atoms with Crippen LogP contribution >= 0.6 is 0 Å². The SMILES string of the molecule is Cc1ccc(F)cc1C(=O)NCC(=O)OC(C)(C)C. The molecule has 0 fully saturated rings. The van der Waals surface area contributed by atoms with Crippen LogP contribution in [-0.4, -0.2) is 24.0 Å². The monoisotopic (exact) mass is 267 g/mol. The molecule has 1 rings (SSSR count). The van der Waals surface area contributed by atoms with Gasteiger partial charge < -0.3 is 10.1 Å². The van der Waals surface area contributed by atoms with Gasteiger partial charge in [-0.3, -0.25) is 9.59 Å². The van der Waals surface area contributed by atoms with Gasteiger partial charge in [0.15, 0.2) is 0 Å². The summed E-state index contributed by atoms with van der Waals surface area (Å²) >= 11 is 0. The van der Waals surface area contributed by atoms with Gasteiger partial charge in [0.1, 0.15) is 18.0 Å². The third-order valence-corrected chi connectivity index (χ3v) is 2.26. The van der Waals surface area contributed by atoms with Gasteiger partial charge in [-0.25, -0.2) is 4.39 Å². The lowest BCUT2D eigenvalue weighted by Gasteiger charge is -2.19. The van der Waals surface area contributed by atoms with Gasteiger partial charge >= 0.3 is 5.97 Å². The minimum Gasteiger partial charge on any atom is -0.459 e. The van der Waals surface area contributed by atoms with E-state index in [0.717, 1.165) is 6.07 Å². The number of halogens is 1. The quantitative estimate of drug-likeness (QED) is 0.854. The molecule has 0 saturated heterocycles. The van der Waals surface area contributed by atoms with Gasteiger partial charge in [-0.1, -0.05) is 6.07 Å². The predicted octanol–water partition coefficient (Wildman–Crippen LogP) is 2.21. The first-order valence-electron chi connectivity index (χ1n) is 5.95. The predicted molar refractivity (Wildman–Crippen MR) is 69.3 cm³/mol. The highest BCUT2D eigenvalue weighted by atomic mass is 19.1. The van der Waals surface area contributed by atoms with Gasteiger partial charge in [-0.2, -0.15) is 0 Å². The number of aryl methyl sites for hydroxylation is 1. The molecule has 0 atom stereocenters. The molecule has 0 radical (unpaired) electrons. The molecule has 5 heteroatoms. The Morgan fingerprint density at radius 3 is 2.53 bits per heavy atom. The van der Waals surface area contributed by atoms with E-state index in [9.17, 15) is 14.0 Å². The van der Waals surface area contributed by atoms with Crippen molar-refractivity contribution in [1.82, 2.24) is 5.32 Å². The molecule has 0 aliphatic carbocycles. The van der Waals surface area contributed by atoms with Gasteiger partial charge in [0.05, 0.1) is 0 Å². The van der Waals surface area contributed by atoms with Crippen LogP contribution in [0.3, 0.4) is 0 Å². The van der Waals surface area contributed by atoms with Gasteiger partial charge in [-0.15, -0.1) is 0 Å². The number of carbonyl (C=O) groups excluding carboxylic acids is 2. The Labute approximate surface area is 112 Å². The molecule has 1 aromatic carbocycles. The maximum Gasteiger partial charge on any atom is 0.325 e. The zero-order chi connectivity index (χ0) is 14.6. The number of esters is 1. The van der Waals surface area contributed by atoms with Crippen LogP contribution in [0.4, 0.5) is 4.39 Å². The van der Waals surface area contributed by atoms with Crippen LogP contribution in [0, 0.1) is 12.7 Å². The van der Waals surface area contributed by atoms with Gasteiger partial charge in [0, 0.05) is 5.56 Å². The summed E-state index contributed by atoms with van der Waals surface area (Å²) in [4.78, 5) is 23.2.